The summed E-state index contributed by atoms with van der Waals surface area (Å²) in [7, 11) is -1.07. The van der Waals surface area contributed by atoms with E-state index in [1.807, 2.05) is 13.8 Å². The predicted molar refractivity (Wildman–Crippen MR) is 136 cm³/mol. The van der Waals surface area contributed by atoms with Gasteiger partial charge >= 0.3 is 0 Å². The van der Waals surface area contributed by atoms with Crippen molar-refractivity contribution in [1.29, 1.82) is 0 Å². The van der Waals surface area contributed by atoms with E-state index in [-0.39, 0.29) is 29.9 Å². The number of anilines is 1. The van der Waals surface area contributed by atoms with Gasteiger partial charge in [0.2, 0.25) is 21.8 Å². The fourth-order valence-corrected chi connectivity index (χ4v) is 4.46. The van der Waals surface area contributed by atoms with Crippen molar-refractivity contribution in [3.05, 3.63) is 53.1 Å². The highest BCUT2D eigenvalue weighted by Gasteiger charge is 2.31. The molecule has 0 unspecified atom stereocenters. The van der Waals surface area contributed by atoms with Gasteiger partial charge in [-0.2, -0.15) is 0 Å². The van der Waals surface area contributed by atoms with E-state index in [0.717, 1.165) is 10.6 Å². The highest BCUT2D eigenvalue weighted by Crippen LogP contribution is 2.34. The summed E-state index contributed by atoms with van der Waals surface area (Å²) in [6, 6.07) is 10.5. The molecule has 9 nitrogen and oxygen atoms in total. The molecule has 2 aromatic carbocycles. The second-order valence-corrected chi connectivity index (χ2v) is 10.6. The molecule has 0 saturated heterocycles. The van der Waals surface area contributed by atoms with Crippen molar-refractivity contribution in [3.8, 4) is 11.5 Å². The Bertz CT molecular complexity index is 1160. The van der Waals surface area contributed by atoms with Gasteiger partial charge in [0.25, 0.3) is 0 Å². The molecule has 0 aliphatic rings. The van der Waals surface area contributed by atoms with Crippen LogP contribution in [0, 0.1) is 0 Å². The standard InChI is InChI=1S/C24H32ClN3O6S/c1-16(2)26-24(30)17(3)27(14-18-8-7-9-19(25)12-18)23(29)15-28(35(6,31)32)21-13-20(33-4)10-11-22(21)34-5/h7-13,16-17H,14-15H2,1-6H3,(H,26,30)/t17-/m1/s1. The summed E-state index contributed by atoms with van der Waals surface area (Å²) in [5.41, 5.74) is 0.838. The Labute approximate surface area is 212 Å². The minimum absolute atomic E-state index is 0.0545. The molecule has 0 fully saturated rings. The molecule has 11 heteroatoms. The largest absolute Gasteiger partial charge is 0.497 e. The van der Waals surface area contributed by atoms with E-state index in [1.165, 1.54) is 25.2 Å². The summed E-state index contributed by atoms with van der Waals surface area (Å²) in [6.07, 6.45) is 0.995. The predicted octanol–water partition coefficient (Wildman–Crippen LogP) is 3.07. The van der Waals surface area contributed by atoms with Crippen LogP contribution in [-0.2, 0) is 26.2 Å². The Morgan fingerprint density at radius 1 is 1.06 bits per heavy atom. The molecule has 2 amide bonds. The first kappa shape index (κ1) is 28.3. The van der Waals surface area contributed by atoms with Crippen LogP contribution in [-0.4, -0.2) is 64.2 Å². The normalized spacial score (nSPS) is 12.1. The molecule has 0 spiro atoms. The molecular weight excluding hydrogens is 494 g/mol. The minimum atomic E-state index is -3.92. The van der Waals surface area contributed by atoms with Crippen molar-refractivity contribution < 1.29 is 27.5 Å². The second kappa shape index (κ2) is 12.1. The number of nitrogens with one attached hydrogen (secondary N) is 1. The smallest absolute Gasteiger partial charge is 0.244 e. The van der Waals surface area contributed by atoms with Gasteiger partial charge in [-0.1, -0.05) is 23.7 Å². The van der Waals surface area contributed by atoms with Crippen LogP contribution >= 0.6 is 11.6 Å². The lowest BCUT2D eigenvalue weighted by Crippen LogP contribution is -2.52. The molecule has 0 aromatic heterocycles. The van der Waals surface area contributed by atoms with Crippen LogP contribution in [0.1, 0.15) is 26.3 Å². The zero-order valence-corrected chi connectivity index (χ0v) is 22.3. The zero-order chi connectivity index (χ0) is 26.3. The topological polar surface area (TPSA) is 105 Å². The summed E-state index contributed by atoms with van der Waals surface area (Å²) >= 11 is 6.11. The maximum atomic E-state index is 13.6. The number of hydrogen-bond acceptors (Lipinski definition) is 6. The molecule has 0 aliphatic carbocycles. The van der Waals surface area contributed by atoms with E-state index in [2.05, 4.69) is 5.32 Å². The van der Waals surface area contributed by atoms with Crippen molar-refractivity contribution in [2.45, 2.75) is 39.4 Å². The summed E-state index contributed by atoms with van der Waals surface area (Å²) in [4.78, 5) is 27.7. The van der Waals surface area contributed by atoms with Crippen molar-refractivity contribution in [2.24, 2.45) is 0 Å². The number of carbonyl (C=O) groups excluding carboxylic acids is 2. The molecular formula is C24H32ClN3O6S. The monoisotopic (exact) mass is 525 g/mol. The average molecular weight is 526 g/mol. The molecule has 35 heavy (non-hydrogen) atoms. The third kappa shape index (κ3) is 7.76. The first-order valence-electron chi connectivity index (χ1n) is 10.9. The van der Waals surface area contributed by atoms with Crippen LogP contribution < -0.4 is 19.1 Å². The maximum Gasteiger partial charge on any atom is 0.244 e. The number of carbonyl (C=O) groups is 2. The van der Waals surface area contributed by atoms with E-state index in [4.69, 9.17) is 21.1 Å². The molecule has 0 radical (unpaired) electrons. The molecule has 0 heterocycles. The molecule has 2 rings (SSSR count). The van der Waals surface area contributed by atoms with Crippen molar-refractivity contribution in [3.63, 3.8) is 0 Å². The highest BCUT2D eigenvalue weighted by atomic mass is 35.5. The average Bonchev–Trinajstić information content (AvgIpc) is 2.78. The molecule has 2 aromatic rings. The SMILES string of the molecule is COc1ccc(OC)c(N(CC(=O)N(Cc2cccc(Cl)c2)[C@H](C)C(=O)NC(C)C)S(C)(=O)=O)c1. The van der Waals surface area contributed by atoms with E-state index in [9.17, 15) is 18.0 Å². The lowest BCUT2D eigenvalue weighted by molar-refractivity contribution is -0.139. The van der Waals surface area contributed by atoms with Gasteiger partial charge in [-0.05, 0) is 50.6 Å². The number of nitrogens with zero attached hydrogens (tertiary/aromatic N) is 2. The molecule has 0 aliphatic heterocycles. The zero-order valence-electron chi connectivity index (χ0n) is 20.7. The van der Waals surface area contributed by atoms with Crippen LogP contribution in [0.3, 0.4) is 0 Å². The fourth-order valence-electron chi connectivity index (χ4n) is 3.41. The first-order chi connectivity index (χ1) is 16.4. The van der Waals surface area contributed by atoms with Gasteiger partial charge in [-0.15, -0.1) is 0 Å². The summed E-state index contributed by atoms with van der Waals surface area (Å²) < 4.78 is 37.0. The van der Waals surface area contributed by atoms with E-state index < -0.39 is 28.5 Å². The molecule has 1 N–H and O–H groups in total. The quantitative estimate of drug-likeness (QED) is 0.483. The maximum absolute atomic E-state index is 13.6. The van der Waals surface area contributed by atoms with Gasteiger partial charge in [0.05, 0.1) is 26.2 Å². The van der Waals surface area contributed by atoms with Crippen LogP contribution in [0.5, 0.6) is 11.5 Å². The first-order valence-corrected chi connectivity index (χ1v) is 13.1. The number of benzene rings is 2. The number of halogens is 1. The Morgan fingerprint density at radius 2 is 1.74 bits per heavy atom. The number of methoxy groups -OCH3 is 2. The molecule has 192 valence electrons. The van der Waals surface area contributed by atoms with Crippen molar-refractivity contribution in [2.75, 3.05) is 31.3 Å². The van der Waals surface area contributed by atoms with Gasteiger partial charge in [0.15, 0.2) is 0 Å². The molecule has 0 saturated carbocycles. The Kier molecular flexibility index (Phi) is 9.79. The summed E-state index contributed by atoms with van der Waals surface area (Å²) in [5, 5.41) is 3.28. The van der Waals surface area contributed by atoms with E-state index in [1.54, 1.807) is 43.3 Å². The third-order valence-corrected chi connectivity index (χ3v) is 6.54. The third-order valence-electron chi connectivity index (χ3n) is 5.17. The minimum Gasteiger partial charge on any atom is -0.497 e. The van der Waals surface area contributed by atoms with E-state index >= 15 is 0 Å². The highest BCUT2D eigenvalue weighted by molar-refractivity contribution is 7.92. The number of amides is 2. The summed E-state index contributed by atoms with van der Waals surface area (Å²) in [5.74, 6) is -0.301. The number of rotatable bonds is 11. The van der Waals surface area contributed by atoms with Crippen molar-refractivity contribution >= 4 is 39.1 Å². The Balaban J connectivity index is 2.49. The van der Waals surface area contributed by atoms with Gasteiger partial charge in [0, 0.05) is 23.7 Å². The lowest BCUT2D eigenvalue weighted by Gasteiger charge is -2.32. The number of hydrogen-bond donors (Lipinski definition) is 1. The number of sulfonamides is 1. The van der Waals surface area contributed by atoms with Gasteiger partial charge in [0.1, 0.15) is 24.1 Å². The fraction of sp³-hybridized carbons (Fsp3) is 0.417. The summed E-state index contributed by atoms with van der Waals surface area (Å²) in [6.45, 7) is 4.72. The van der Waals surface area contributed by atoms with E-state index in [0.29, 0.717) is 16.3 Å². The van der Waals surface area contributed by atoms with Gasteiger partial charge < -0.3 is 19.7 Å². The Morgan fingerprint density at radius 3 is 2.29 bits per heavy atom. The number of ether oxygens (including phenoxy) is 2. The lowest BCUT2D eigenvalue weighted by atomic mass is 10.1. The van der Waals surface area contributed by atoms with Crippen LogP contribution in [0.4, 0.5) is 5.69 Å². The van der Waals surface area contributed by atoms with Crippen LogP contribution in [0.15, 0.2) is 42.5 Å². The van der Waals surface area contributed by atoms with Gasteiger partial charge in [-0.3, -0.25) is 13.9 Å². The molecule has 1 atom stereocenters. The second-order valence-electron chi connectivity index (χ2n) is 8.30. The van der Waals surface area contributed by atoms with Gasteiger partial charge in [-0.25, -0.2) is 8.42 Å². The van der Waals surface area contributed by atoms with Crippen molar-refractivity contribution in [1.82, 2.24) is 10.2 Å². The Hall–Kier alpha value is -2.98. The van der Waals surface area contributed by atoms with Crippen LogP contribution in [0.2, 0.25) is 5.02 Å². The molecule has 0 bridgehead atoms. The van der Waals surface area contributed by atoms with Crippen LogP contribution in [0.25, 0.3) is 0 Å².